The van der Waals surface area contributed by atoms with E-state index in [1.165, 1.54) is 12.1 Å². The van der Waals surface area contributed by atoms with Crippen LogP contribution in [0.2, 0.25) is 0 Å². The van der Waals surface area contributed by atoms with E-state index in [1.54, 1.807) is 19.1 Å². The molecule has 4 atom stereocenters. The molecule has 0 saturated carbocycles. The molecule has 1 aromatic carbocycles. The van der Waals surface area contributed by atoms with Crippen molar-refractivity contribution in [3.05, 3.63) is 29.8 Å². The predicted molar refractivity (Wildman–Crippen MR) is 79.2 cm³/mol. The summed E-state index contributed by atoms with van der Waals surface area (Å²) in [6, 6.07) is 6.48. The lowest BCUT2D eigenvalue weighted by atomic mass is 10.0. The van der Waals surface area contributed by atoms with Gasteiger partial charge in [-0.2, -0.15) is 8.42 Å². The normalized spacial score (nSPS) is 32.1. The molecule has 0 amide bonds. The molecule has 1 aromatic rings. The molecule has 2 aliphatic rings. The summed E-state index contributed by atoms with van der Waals surface area (Å²) >= 11 is 0. The molecular weight excluding hydrogens is 324 g/mol. The Labute approximate surface area is 135 Å². The second-order valence-corrected chi connectivity index (χ2v) is 7.21. The van der Waals surface area contributed by atoms with Gasteiger partial charge in [-0.25, -0.2) is 0 Å². The fraction of sp³-hybridized carbons (Fsp3) is 0.600. The van der Waals surface area contributed by atoms with Crippen LogP contribution in [0, 0.1) is 6.92 Å². The molecule has 0 N–H and O–H groups in total. The molecule has 2 heterocycles. The zero-order valence-electron chi connectivity index (χ0n) is 13.0. The monoisotopic (exact) mass is 344 g/mol. The van der Waals surface area contributed by atoms with Gasteiger partial charge in [-0.15, -0.1) is 0 Å². The van der Waals surface area contributed by atoms with Gasteiger partial charge in [0.05, 0.1) is 17.6 Å². The molecular formula is C15H20O7S. The van der Waals surface area contributed by atoms with Crippen molar-refractivity contribution in [1.82, 2.24) is 0 Å². The molecule has 2 aliphatic heterocycles. The van der Waals surface area contributed by atoms with Crippen molar-refractivity contribution in [1.29, 1.82) is 0 Å². The minimum Gasteiger partial charge on any atom is -0.353 e. The van der Waals surface area contributed by atoms with Crippen LogP contribution in [0.15, 0.2) is 29.2 Å². The van der Waals surface area contributed by atoms with Crippen LogP contribution in [0.25, 0.3) is 0 Å². The van der Waals surface area contributed by atoms with Crippen LogP contribution < -0.4 is 0 Å². The number of benzene rings is 1. The summed E-state index contributed by atoms with van der Waals surface area (Å²) in [5.74, 6) is 0. The first-order valence-corrected chi connectivity index (χ1v) is 8.81. The van der Waals surface area contributed by atoms with Gasteiger partial charge >= 0.3 is 0 Å². The maximum absolute atomic E-state index is 12.5. The van der Waals surface area contributed by atoms with Gasteiger partial charge in [-0.1, -0.05) is 17.7 Å². The fourth-order valence-electron chi connectivity index (χ4n) is 2.58. The van der Waals surface area contributed by atoms with Crippen LogP contribution in [0.3, 0.4) is 0 Å². The second kappa shape index (κ2) is 6.84. The Balaban J connectivity index is 1.84. The van der Waals surface area contributed by atoms with Crippen LogP contribution in [0.1, 0.15) is 12.5 Å². The number of rotatable bonds is 3. The summed E-state index contributed by atoms with van der Waals surface area (Å²) < 4.78 is 52.2. The first kappa shape index (κ1) is 16.8. The smallest absolute Gasteiger partial charge is 0.297 e. The Morgan fingerprint density at radius 3 is 2.57 bits per heavy atom. The first-order valence-electron chi connectivity index (χ1n) is 7.40. The van der Waals surface area contributed by atoms with Gasteiger partial charge in [-0.3, -0.25) is 4.18 Å². The number of hydrogen-bond acceptors (Lipinski definition) is 7. The van der Waals surface area contributed by atoms with E-state index in [1.807, 2.05) is 6.92 Å². The van der Waals surface area contributed by atoms with E-state index in [-0.39, 0.29) is 18.5 Å². The van der Waals surface area contributed by atoms with Gasteiger partial charge in [0, 0.05) is 0 Å². The highest BCUT2D eigenvalue weighted by Crippen LogP contribution is 2.27. The van der Waals surface area contributed by atoms with Crippen LogP contribution >= 0.6 is 0 Å². The van der Waals surface area contributed by atoms with Gasteiger partial charge in [0.25, 0.3) is 10.1 Å². The Kier molecular flexibility index (Phi) is 5.00. The second-order valence-electron chi connectivity index (χ2n) is 5.64. The highest BCUT2D eigenvalue weighted by Gasteiger charge is 2.43. The van der Waals surface area contributed by atoms with Crippen molar-refractivity contribution in [2.75, 3.05) is 20.2 Å². The third kappa shape index (κ3) is 3.73. The first-order chi connectivity index (χ1) is 11.0. The van der Waals surface area contributed by atoms with Crippen LogP contribution in [-0.2, 0) is 33.2 Å². The zero-order chi connectivity index (χ0) is 16.4. The van der Waals surface area contributed by atoms with Crippen molar-refractivity contribution in [3.8, 4) is 0 Å². The van der Waals surface area contributed by atoms with Crippen molar-refractivity contribution < 1.29 is 31.5 Å². The summed E-state index contributed by atoms with van der Waals surface area (Å²) in [7, 11) is -3.93. The Bertz CT molecular complexity index is 628. The van der Waals surface area contributed by atoms with Crippen LogP contribution in [0.5, 0.6) is 0 Å². The third-order valence-corrected chi connectivity index (χ3v) is 5.26. The predicted octanol–water partition coefficient (Wildman–Crippen LogP) is 1.20. The standard InChI is InChI=1S/C15H20O7S/c1-10-3-5-12(6-4-10)23(16,17)22-14-11(2)19-9-20-13-7-18-8-21-15(13)14/h3-6,11,13-15H,7-9H2,1-2H3. The highest BCUT2D eigenvalue weighted by atomic mass is 32.2. The van der Waals surface area contributed by atoms with E-state index in [2.05, 4.69) is 0 Å². The molecule has 23 heavy (non-hydrogen) atoms. The van der Waals surface area contributed by atoms with Crippen LogP contribution in [0.4, 0.5) is 0 Å². The van der Waals surface area contributed by atoms with Gasteiger partial charge in [-0.05, 0) is 26.0 Å². The SMILES string of the molecule is Cc1ccc(S(=O)(=O)OC2C(C)OCOC3COCOC32)cc1. The lowest BCUT2D eigenvalue weighted by Crippen LogP contribution is -2.51. The molecule has 4 unspecified atom stereocenters. The van der Waals surface area contributed by atoms with Gasteiger partial charge in [0.15, 0.2) is 0 Å². The summed E-state index contributed by atoms with van der Waals surface area (Å²) in [6.07, 6.45) is -2.30. The summed E-state index contributed by atoms with van der Waals surface area (Å²) in [4.78, 5) is 0.101. The third-order valence-electron chi connectivity index (χ3n) is 3.94. The maximum Gasteiger partial charge on any atom is 0.297 e. The Morgan fingerprint density at radius 2 is 1.83 bits per heavy atom. The van der Waals surface area contributed by atoms with Crippen molar-refractivity contribution in [2.45, 2.75) is 43.2 Å². The van der Waals surface area contributed by atoms with Crippen LogP contribution in [-0.4, -0.2) is 53.0 Å². The largest absolute Gasteiger partial charge is 0.353 e. The molecule has 2 saturated heterocycles. The molecule has 0 aliphatic carbocycles. The van der Waals surface area contributed by atoms with Crippen molar-refractivity contribution >= 4 is 10.1 Å². The van der Waals surface area contributed by atoms with Gasteiger partial charge in [0.1, 0.15) is 31.9 Å². The lowest BCUT2D eigenvalue weighted by Gasteiger charge is -2.34. The summed E-state index contributed by atoms with van der Waals surface area (Å²) in [6.45, 7) is 4.04. The van der Waals surface area contributed by atoms with Gasteiger partial charge < -0.3 is 18.9 Å². The molecule has 0 spiro atoms. The Hall–Kier alpha value is -1.03. The molecule has 3 rings (SSSR count). The maximum atomic E-state index is 12.5. The molecule has 7 nitrogen and oxygen atoms in total. The van der Waals surface area contributed by atoms with Crippen molar-refractivity contribution in [2.24, 2.45) is 0 Å². The van der Waals surface area contributed by atoms with Crippen molar-refractivity contribution in [3.63, 3.8) is 0 Å². The number of hydrogen-bond donors (Lipinski definition) is 0. The quantitative estimate of drug-likeness (QED) is 0.762. The molecule has 2 fully saturated rings. The van der Waals surface area contributed by atoms with E-state index < -0.39 is 34.5 Å². The topological polar surface area (TPSA) is 80.3 Å². The average Bonchev–Trinajstić information content (AvgIpc) is 2.68. The minimum atomic E-state index is -3.93. The fourth-order valence-corrected chi connectivity index (χ4v) is 3.72. The summed E-state index contributed by atoms with van der Waals surface area (Å²) in [5.41, 5.74) is 0.969. The van der Waals surface area contributed by atoms with E-state index in [4.69, 9.17) is 23.1 Å². The van der Waals surface area contributed by atoms with E-state index in [0.29, 0.717) is 6.61 Å². The van der Waals surface area contributed by atoms with E-state index in [9.17, 15) is 8.42 Å². The average molecular weight is 344 g/mol. The van der Waals surface area contributed by atoms with Gasteiger partial charge in [0.2, 0.25) is 0 Å². The lowest BCUT2D eigenvalue weighted by molar-refractivity contribution is -0.223. The Morgan fingerprint density at radius 1 is 1.09 bits per heavy atom. The number of aryl methyl sites for hydroxylation is 1. The molecule has 0 bridgehead atoms. The number of ether oxygens (including phenoxy) is 4. The molecule has 8 heteroatoms. The minimum absolute atomic E-state index is 0.0412. The number of fused-ring (bicyclic) bond motifs is 1. The highest BCUT2D eigenvalue weighted by molar-refractivity contribution is 7.86. The summed E-state index contributed by atoms with van der Waals surface area (Å²) in [5, 5.41) is 0. The van der Waals surface area contributed by atoms with E-state index in [0.717, 1.165) is 5.56 Å². The molecule has 0 radical (unpaired) electrons. The molecule has 0 aromatic heterocycles. The molecule has 128 valence electrons. The zero-order valence-corrected chi connectivity index (χ0v) is 13.8. The van der Waals surface area contributed by atoms with E-state index >= 15 is 0 Å².